The molecule has 0 radical (unpaired) electrons. The third kappa shape index (κ3) is 27.5. The molecule has 0 aliphatic heterocycles. The van der Waals surface area contributed by atoms with Gasteiger partial charge in [0.25, 0.3) is 0 Å². The molecular weight excluding hydrogens is 777 g/mol. The number of aliphatic hydroxyl groups is 7. The summed E-state index contributed by atoms with van der Waals surface area (Å²) >= 11 is 0. The van der Waals surface area contributed by atoms with Crippen LogP contribution in [0.1, 0.15) is 194 Å². The van der Waals surface area contributed by atoms with E-state index in [-0.39, 0.29) is 6.42 Å². The first-order chi connectivity index (χ1) is 28.3. The molecule has 0 aromatic rings. The maximum atomic E-state index is 13.0. The maximum absolute atomic E-state index is 13.0. The molecule has 1 aliphatic rings. The summed E-state index contributed by atoms with van der Waals surface area (Å²) in [5.74, 6) is -0.602. The van der Waals surface area contributed by atoms with Crippen LogP contribution in [-0.4, -0.2) is 108 Å². The predicted octanol–water partition coefficient (Wildman–Crippen LogP) is 7.59. The van der Waals surface area contributed by atoms with Crippen LogP contribution in [0.4, 0.5) is 0 Å². The molecule has 348 valence electrons. The third-order valence-electron chi connectivity index (χ3n) is 11.3. The lowest BCUT2D eigenvalue weighted by Gasteiger charge is -2.41. The topological polar surface area (TPSA) is 226 Å². The average molecular weight is 864 g/mol. The monoisotopic (exact) mass is 864 g/mol. The Bertz CT molecular complexity index is 1110. The van der Waals surface area contributed by atoms with E-state index in [9.17, 15) is 50.0 Å². The fourth-order valence-corrected chi connectivity index (χ4v) is 8.40. The minimum Gasteiger partial charge on any atom is -0.393 e. The molecule has 0 spiro atoms. The van der Waals surface area contributed by atoms with Gasteiger partial charge in [0.1, 0.15) is 36.6 Å². The van der Waals surface area contributed by atoms with Crippen molar-refractivity contribution in [3.63, 3.8) is 0 Å². The van der Waals surface area contributed by atoms with Crippen molar-refractivity contribution in [1.29, 1.82) is 0 Å². The van der Waals surface area contributed by atoms with Gasteiger partial charge in [-0.15, -0.1) is 0 Å². The molecule has 1 saturated carbocycles. The number of carbonyl (C=O) groups excluding carboxylic acids is 1. The van der Waals surface area contributed by atoms with E-state index < -0.39 is 75.2 Å². The van der Waals surface area contributed by atoms with E-state index in [4.69, 9.17) is 9.05 Å². The largest absolute Gasteiger partial charge is 0.472 e. The van der Waals surface area contributed by atoms with E-state index in [1.165, 1.54) is 122 Å². The molecule has 59 heavy (non-hydrogen) atoms. The number of allylic oxidation sites excluding steroid dienone is 3. The molecule has 1 rings (SSSR count). The van der Waals surface area contributed by atoms with Crippen molar-refractivity contribution >= 4 is 13.7 Å². The molecule has 0 aromatic heterocycles. The first kappa shape index (κ1) is 55.8. The van der Waals surface area contributed by atoms with Crippen LogP contribution in [0.2, 0.25) is 0 Å². The molecule has 1 amide bonds. The van der Waals surface area contributed by atoms with E-state index in [0.717, 1.165) is 44.9 Å². The van der Waals surface area contributed by atoms with E-state index in [1.54, 1.807) is 6.08 Å². The lowest BCUT2D eigenvalue weighted by Crippen LogP contribution is -2.64. The SMILES string of the molecule is CCCCCCCCCCCC/C=C/CC/C=C/C(O)C(COP(=O)(O)OC1C(O)C(O)C(O)C(O)C1O)NC(=O)CC(O)CCCCCCCCCCCCCCC. The highest BCUT2D eigenvalue weighted by molar-refractivity contribution is 7.47. The molecule has 0 saturated heterocycles. The van der Waals surface area contributed by atoms with Crippen molar-refractivity contribution in [2.75, 3.05) is 6.61 Å². The minimum atomic E-state index is -5.14. The molecule has 13 nitrogen and oxygen atoms in total. The number of hydrogen-bond donors (Lipinski definition) is 9. The number of nitrogens with one attached hydrogen (secondary N) is 1. The Hall–Kier alpha value is -1.22. The number of aliphatic hydroxyl groups excluding tert-OH is 7. The Morgan fingerprint density at radius 1 is 0.593 bits per heavy atom. The summed E-state index contributed by atoms with van der Waals surface area (Å²) in [6.45, 7) is 3.72. The molecular formula is C45H86NO12P. The Labute approximate surface area is 356 Å². The summed E-state index contributed by atoms with van der Waals surface area (Å²) < 4.78 is 22.8. The third-order valence-corrected chi connectivity index (χ3v) is 12.3. The van der Waals surface area contributed by atoms with E-state index in [1.807, 2.05) is 0 Å². The average Bonchev–Trinajstić information content (AvgIpc) is 3.21. The van der Waals surface area contributed by atoms with Gasteiger partial charge in [-0.25, -0.2) is 4.57 Å². The first-order valence-electron chi connectivity index (χ1n) is 23.4. The van der Waals surface area contributed by atoms with Crippen LogP contribution in [0.25, 0.3) is 0 Å². The molecule has 0 bridgehead atoms. The number of carbonyl (C=O) groups is 1. The highest BCUT2D eigenvalue weighted by Gasteiger charge is 2.51. The van der Waals surface area contributed by atoms with Crippen molar-refractivity contribution < 1.29 is 59.0 Å². The van der Waals surface area contributed by atoms with Gasteiger partial charge in [-0.05, 0) is 32.1 Å². The number of hydrogen-bond acceptors (Lipinski definition) is 11. The van der Waals surface area contributed by atoms with Gasteiger partial charge in [0.2, 0.25) is 5.91 Å². The lowest BCUT2D eigenvalue weighted by molar-refractivity contribution is -0.220. The van der Waals surface area contributed by atoms with Crippen molar-refractivity contribution in [3.8, 4) is 0 Å². The highest BCUT2D eigenvalue weighted by atomic mass is 31.2. The van der Waals surface area contributed by atoms with Gasteiger partial charge in [-0.2, -0.15) is 0 Å². The standard InChI is InChI=1S/C45H86NO12P/c1-3-5-7-9-11-13-15-17-18-19-21-23-25-27-29-31-33-38(48)37(35-57-59(55,56)58-45-43(53)41(51)40(50)42(52)44(45)54)46-39(49)34-36(47)32-30-28-26-24-22-20-16-14-12-10-8-6-4-2/h23,25,31,33,36-38,40-45,47-48,50-54H,3-22,24,26-30,32,34-35H2,1-2H3,(H,46,49)(H,55,56)/b25-23+,33-31+. The molecule has 8 unspecified atom stereocenters. The minimum absolute atomic E-state index is 0.249. The van der Waals surface area contributed by atoms with Crippen LogP contribution in [0, 0.1) is 0 Å². The Morgan fingerprint density at radius 2 is 1.00 bits per heavy atom. The molecule has 8 atom stereocenters. The Kier molecular flexibility index (Phi) is 33.3. The molecule has 9 N–H and O–H groups in total. The second-order valence-electron chi connectivity index (χ2n) is 16.8. The maximum Gasteiger partial charge on any atom is 0.472 e. The number of amides is 1. The van der Waals surface area contributed by atoms with E-state index in [2.05, 4.69) is 31.3 Å². The fourth-order valence-electron chi connectivity index (χ4n) is 7.43. The van der Waals surface area contributed by atoms with Crippen molar-refractivity contribution in [3.05, 3.63) is 24.3 Å². The molecule has 14 heteroatoms. The van der Waals surface area contributed by atoms with Crippen LogP contribution >= 0.6 is 7.82 Å². The summed E-state index contributed by atoms with van der Waals surface area (Å²) in [5, 5.41) is 74.4. The van der Waals surface area contributed by atoms with E-state index >= 15 is 0 Å². The van der Waals surface area contributed by atoms with Crippen LogP contribution in [0.15, 0.2) is 24.3 Å². The number of phosphoric acid groups is 1. The van der Waals surface area contributed by atoms with Crippen molar-refractivity contribution in [1.82, 2.24) is 5.32 Å². The van der Waals surface area contributed by atoms with E-state index in [0.29, 0.717) is 12.8 Å². The first-order valence-corrected chi connectivity index (χ1v) is 24.9. The van der Waals surface area contributed by atoms with Gasteiger partial charge in [-0.1, -0.05) is 179 Å². The molecule has 0 heterocycles. The van der Waals surface area contributed by atoms with Gasteiger partial charge < -0.3 is 46.0 Å². The van der Waals surface area contributed by atoms with Crippen molar-refractivity contribution in [2.45, 2.75) is 249 Å². The Balaban J connectivity index is 2.58. The van der Waals surface area contributed by atoms with Crippen LogP contribution in [0.5, 0.6) is 0 Å². The smallest absolute Gasteiger partial charge is 0.393 e. The number of rotatable bonds is 38. The molecule has 0 aromatic carbocycles. The lowest BCUT2D eigenvalue weighted by atomic mass is 9.85. The molecule has 1 fully saturated rings. The van der Waals surface area contributed by atoms with Crippen LogP contribution in [-0.2, 0) is 18.4 Å². The predicted molar refractivity (Wildman–Crippen MR) is 234 cm³/mol. The van der Waals surface area contributed by atoms with Gasteiger partial charge in [0.05, 0.1) is 31.3 Å². The molecule has 1 aliphatic carbocycles. The fraction of sp³-hybridized carbons (Fsp3) is 0.889. The second-order valence-corrected chi connectivity index (χ2v) is 18.2. The van der Waals surface area contributed by atoms with Crippen LogP contribution in [0.3, 0.4) is 0 Å². The van der Waals surface area contributed by atoms with Crippen LogP contribution < -0.4 is 5.32 Å². The van der Waals surface area contributed by atoms with Gasteiger partial charge in [-0.3, -0.25) is 13.8 Å². The quantitative estimate of drug-likeness (QED) is 0.0166. The summed E-state index contributed by atoms with van der Waals surface area (Å²) in [6, 6.07) is -1.25. The zero-order valence-electron chi connectivity index (χ0n) is 36.7. The normalized spacial score (nSPS) is 23.8. The second kappa shape index (κ2) is 35.3. The van der Waals surface area contributed by atoms with Gasteiger partial charge >= 0.3 is 7.82 Å². The summed E-state index contributed by atoms with van der Waals surface area (Å²) in [5.41, 5.74) is 0. The number of unbranched alkanes of at least 4 members (excludes halogenated alkanes) is 23. The number of phosphoric ester groups is 1. The van der Waals surface area contributed by atoms with Crippen molar-refractivity contribution in [2.24, 2.45) is 0 Å². The summed E-state index contributed by atoms with van der Waals surface area (Å²) in [6.07, 6.45) is 24.1. The van der Waals surface area contributed by atoms with Gasteiger partial charge in [0, 0.05) is 0 Å². The Morgan fingerprint density at radius 3 is 1.49 bits per heavy atom. The zero-order chi connectivity index (χ0) is 43.7. The highest BCUT2D eigenvalue weighted by Crippen LogP contribution is 2.47. The summed E-state index contributed by atoms with van der Waals surface area (Å²) in [4.78, 5) is 23.4. The van der Waals surface area contributed by atoms with Gasteiger partial charge in [0.15, 0.2) is 0 Å². The summed E-state index contributed by atoms with van der Waals surface area (Å²) in [7, 11) is -5.14. The zero-order valence-corrected chi connectivity index (χ0v) is 37.6.